The Bertz CT molecular complexity index is 633. The fraction of sp³-hybridized carbons (Fsp3) is 0.0667. The predicted octanol–water partition coefficient (Wildman–Crippen LogP) is 3.39. The number of benzene rings is 2. The van der Waals surface area contributed by atoms with Crippen LogP contribution in [0.5, 0.6) is 5.75 Å². The van der Waals surface area contributed by atoms with Gasteiger partial charge in [0.15, 0.2) is 0 Å². The van der Waals surface area contributed by atoms with Crippen LogP contribution in [-0.2, 0) is 6.42 Å². The number of phenols is 1. The third-order valence-electron chi connectivity index (χ3n) is 2.70. The van der Waals surface area contributed by atoms with Gasteiger partial charge in [0.25, 0.3) is 5.70 Å². The molecule has 0 saturated heterocycles. The van der Waals surface area contributed by atoms with Gasteiger partial charge < -0.3 is 5.11 Å². The van der Waals surface area contributed by atoms with Crippen LogP contribution in [0.25, 0.3) is 6.08 Å². The van der Waals surface area contributed by atoms with Crippen molar-refractivity contribution in [1.29, 1.82) is 0 Å². The first kappa shape index (κ1) is 13.7. The van der Waals surface area contributed by atoms with Crippen LogP contribution in [0, 0.1) is 15.9 Å². The molecule has 5 heteroatoms. The number of aromatic hydroxyl groups is 1. The van der Waals surface area contributed by atoms with Crippen LogP contribution in [0.2, 0.25) is 0 Å². The number of allylic oxidation sites excluding steroid dienone is 1. The zero-order valence-electron chi connectivity index (χ0n) is 10.5. The van der Waals surface area contributed by atoms with Gasteiger partial charge in [-0.2, -0.15) is 0 Å². The summed E-state index contributed by atoms with van der Waals surface area (Å²) < 4.78 is 13.1. The molecule has 0 saturated carbocycles. The van der Waals surface area contributed by atoms with Gasteiger partial charge in [-0.05, 0) is 23.3 Å². The van der Waals surface area contributed by atoms with Gasteiger partial charge in [-0.1, -0.05) is 30.3 Å². The molecule has 0 heterocycles. The maximum Gasteiger partial charge on any atom is 0.251 e. The molecule has 0 spiro atoms. The predicted molar refractivity (Wildman–Crippen MR) is 73.2 cm³/mol. The summed E-state index contributed by atoms with van der Waals surface area (Å²) in [5.41, 5.74) is 0.974. The first-order valence-electron chi connectivity index (χ1n) is 5.93. The van der Waals surface area contributed by atoms with Crippen molar-refractivity contribution in [2.45, 2.75) is 6.42 Å². The summed E-state index contributed by atoms with van der Waals surface area (Å²) in [6.45, 7) is 0. The lowest BCUT2D eigenvalue weighted by Gasteiger charge is -2.01. The van der Waals surface area contributed by atoms with Crippen molar-refractivity contribution in [3.63, 3.8) is 0 Å². The Morgan fingerprint density at radius 2 is 1.95 bits per heavy atom. The van der Waals surface area contributed by atoms with Gasteiger partial charge in [0, 0.05) is 12.1 Å². The second-order valence-corrected chi connectivity index (χ2v) is 4.30. The topological polar surface area (TPSA) is 63.4 Å². The van der Waals surface area contributed by atoms with Gasteiger partial charge in [-0.3, -0.25) is 10.1 Å². The van der Waals surface area contributed by atoms with Gasteiger partial charge >= 0.3 is 0 Å². The molecule has 0 aliphatic rings. The molecule has 0 amide bonds. The molecule has 0 unspecified atom stereocenters. The molecular weight excluding hydrogens is 261 g/mol. The van der Waals surface area contributed by atoms with Crippen molar-refractivity contribution in [3.8, 4) is 5.75 Å². The lowest BCUT2D eigenvalue weighted by atomic mass is 10.1. The van der Waals surface area contributed by atoms with Gasteiger partial charge in [0.1, 0.15) is 11.6 Å². The van der Waals surface area contributed by atoms with Gasteiger partial charge in [-0.15, -0.1) is 0 Å². The monoisotopic (exact) mass is 273 g/mol. The van der Waals surface area contributed by atoms with E-state index in [0.717, 1.165) is 17.7 Å². The van der Waals surface area contributed by atoms with E-state index in [0.29, 0.717) is 0 Å². The SMILES string of the molecule is O=[N+]([O-])/C(=C\c1cc(O)cc(F)c1)Cc1ccccc1. The molecule has 4 nitrogen and oxygen atoms in total. The van der Waals surface area contributed by atoms with E-state index in [1.54, 1.807) is 24.3 Å². The van der Waals surface area contributed by atoms with Crippen LogP contribution in [0.15, 0.2) is 54.2 Å². The van der Waals surface area contributed by atoms with Crippen LogP contribution in [0.3, 0.4) is 0 Å². The second kappa shape index (κ2) is 5.97. The molecule has 0 bridgehead atoms. The Hall–Kier alpha value is -2.69. The van der Waals surface area contributed by atoms with Gasteiger partial charge in [0.05, 0.1) is 11.3 Å². The Labute approximate surface area is 115 Å². The fourth-order valence-corrected chi connectivity index (χ4v) is 1.85. The fourth-order valence-electron chi connectivity index (χ4n) is 1.85. The summed E-state index contributed by atoms with van der Waals surface area (Å²) >= 11 is 0. The number of rotatable bonds is 4. The number of nitro groups is 1. The zero-order valence-corrected chi connectivity index (χ0v) is 10.5. The van der Waals surface area contributed by atoms with E-state index in [1.165, 1.54) is 12.1 Å². The lowest BCUT2D eigenvalue weighted by Crippen LogP contribution is -2.02. The van der Waals surface area contributed by atoms with E-state index in [2.05, 4.69) is 0 Å². The first-order chi connectivity index (χ1) is 9.54. The maximum atomic E-state index is 13.1. The summed E-state index contributed by atoms with van der Waals surface area (Å²) in [5.74, 6) is -0.905. The highest BCUT2D eigenvalue weighted by Crippen LogP contribution is 2.19. The van der Waals surface area contributed by atoms with E-state index in [1.807, 2.05) is 6.07 Å². The third kappa shape index (κ3) is 3.65. The van der Waals surface area contributed by atoms with Crippen molar-refractivity contribution in [2.24, 2.45) is 0 Å². The number of halogens is 1. The summed E-state index contributed by atoms with van der Waals surface area (Å²) in [6.07, 6.45) is 1.39. The number of hydrogen-bond donors (Lipinski definition) is 1. The van der Waals surface area contributed by atoms with Gasteiger partial charge in [0.2, 0.25) is 0 Å². The lowest BCUT2D eigenvalue weighted by molar-refractivity contribution is -0.425. The van der Waals surface area contributed by atoms with Crippen LogP contribution in [0.4, 0.5) is 4.39 Å². The van der Waals surface area contributed by atoms with Crippen LogP contribution in [-0.4, -0.2) is 10.0 Å². The molecule has 0 aliphatic carbocycles. The average molecular weight is 273 g/mol. The second-order valence-electron chi connectivity index (χ2n) is 4.30. The summed E-state index contributed by atoms with van der Waals surface area (Å²) in [4.78, 5) is 10.6. The van der Waals surface area contributed by atoms with Crippen molar-refractivity contribution >= 4 is 6.08 Å². The van der Waals surface area contributed by atoms with Gasteiger partial charge in [-0.25, -0.2) is 4.39 Å². The van der Waals surface area contributed by atoms with E-state index < -0.39 is 10.7 Å². The average Bonchev–Trinajstić information content (AvgIpc) is 2.38. The summed E-state index contributed by atoms with van der Waals surface area (Å²) in [5, 5.41) is 20.4. The Morgan fingerprint density at radius 3 is 2.55 bits per heavy atom. The normalized spacial score (nSPS) is 11.3. The highest BCUT2D eigenvalue weighted by atomic mass is 19.1. The van der Waals surface area contributed by atoms with Crippen LogP contribution in [0.1, 0.15) is 11.1 Å². The molecule has 0 aromatic heterocycles. The molecule has 0 radical (unpaired) electrons. The van der Waals surface area contributed by atoms with Crippen molar-refractivity contribution < 1.29 is 14.4 Å². The van der Waals surface area contributed by atoms with Crippen molar-refractivity contribution in [1.82, 2.24) is 0 Å². The highest BCUT2D eigenvalue weighted by Gasteiger charge is 2.12. The molecule has 0 atom stereocenters. The minimum atomic E-state index is -0.640. The Kier molecular flexibility index (Phi) is 4.10. The number of hydrogen-bond acceptors (Lipinski definition) is 3. The van der Waals surface area contributed by atoms with Crippen LogP contribution >= 0.6 is 0 Å². The molecule has 0 aliphatic heterocycles. The van der Waals surface area contributed by atoms with Crippen molar-refractivity contribution in [2.75, 3.05) is 0 Å². The largest absolute Gasteiger partial charge is 0.508 e. The van der Waals surface area contributed by atoms with Crippen LogP contribution < -0.4 is 0 Å². The summed E-state index contributed by atoms with van der Waals surface area (Å²) in [6, 6.07) is 12.3. The van der Waals surface area contributed by atoms with Crippen molar-refractivity contribution in [3.05, 3.63) is 81.3 Å². The summed E-state index contributed by atoms with van der Waals surface area (Å²) in [7, 11) is 0. The minimum absolute atomic E-state index is 0.0683. The molecule has 2 aromatic rings. The van der Waals surface area contributed by atoms with E-state index in [4.69, 9.17) is 0 Å². The molecule has 102 valence electrons. The maximum absolute atomic E-state index is 13.1. The zero-order chi connectivity index (χ0) is 14.5. The Morgan fingerprint density at radius 1 is 1.25 bits per heavy atom. The molecule has 2 aromatic carbocycles. The molecular formula is C15H12FNO3. The number of nitrogens with zero attached hydrogens (tertiary/aromatic N) is 1. The first-order valence-corrected chi connectivity index (χ1v) is 5.93. The number of phenolic OH excluding ortho intramolecular Hbond substituents is 1. The van der Waals surface area contributed by atoms with E-state index in [9.17, 15) is 19.6 Å². The standard InChI is InChI=1S/C15H12FNO3/c16-13-6-12(9-15(18)10-13)8-14(17(19)20)7-11-4-2-1-3-5-11/h1-6,8-10,18H,7H2/b14-8-. The minimum Gasteiger partial charge on any atom is -0.508 e. The molecule has 2 rings (SSSR count). The van der Waals surface area contributed by atoms with E-state index in [-0.39, 0.29) is 23.4 Å². The molecule has 1 N–H and O–H groups in total. The molecule has 0 fully saturated rings. The smallest absolute Gasteiger partial charge is 0.251 e. The third-order valence-corrected chi connectivity index (χ3v) is 2.70. The highest BCUT2D eigenvalue weighted by molar-refractivity contribution is 5.54. The van der Waals surface area contributed by atoms with E-state index >= 15 is 0 Å². The Balaban J connectivity index is 2.33. The molecule has 20 heavy (non-hydrogen) atoms. The quantitative estimate of drug-likeness (QED) is 0.686.